The summed E-state index contributed by atoms with van der Waals surface area (Å²) < 4.78 is 25.8. The van der Waals surface area contributed by atoms with Gasteiger partial charge in [0.15, 0.2) is 6.04 Å². The minimum absolute atomic E-state index is 0.0158. The van der Waals surface area contributed by atoms with E-state index in [1.165, 1.54) is 0 Å². The fourth-order valence-corrected chi connectivity index (χ4v) is 3.79. The van der Waals surface area contributed by atoms with Gasteiger partial charge in [-0.3, -0.25) is 18.6 Å². The van der Waals surface area contributed by atoms with Crippen LogP contribution < -0.4 is 5.32 Å². The molecule has 12 heteroatoms. The Morgan fingerprint density at radius 1 is 0.744 bits per heavy atom. The lowest BCUT2D eigenvalue weighted by atomic mass is 10.2. The molecule has 0 heterocycles. The van der Waals surface area contributed by atoms with Gasteiger partial charge in [0.05, 0.1) is 13.2 Å². The Bertz CT molecular complexity index is 1020. The van der Waals surface area contributed by atoms with E-state index in [0.29, 0.717) is 12.8 Å². The first kappa shape index (κ1) is 39.9. The number of carboxylic acids is 1. The molecular weight excluding hydrogens is 577 g/mol. The van der Waals surface area contributed by atoms with Crippen molar-refractivity contribution in [3.05, 3.63) is 72.9 Å². The molecular formula is C31H48NO10P. The van der Waals surface area contributed by atoms with Crippen LogP contribution in [-0.4, -0.2) is 64.9 Å². The van der Waals surface area contributed by atoms with Gasteiger partial charge in [0.2, 0.25) is 5.91 Å². The first-order valence-corrected chi connectivity index (χ1v) is 16.0. The zero-order valence-corrected chi connectivity index (χ0v) is 26.1. The van der Waals surface area contributed by atoms with Gasteiger partial charge in [-0.05, 0) is 44.9 Å². The molecule has 242 valence electrons. The summed E-state index contributed by atoms with van der Waals surface area (Å²) in [5, 5.41) is 21.2. The standard InChI is InChI=1S/C31H48NO10P/c1-3-5-6-7-8-9-10-11-12-13-14-15-16-17-18-19-20-21-22-23-29(34)32-28(31(36)37)26-42-43(38,39)41-25-27(33)24-40-30(35)4-2/h5-6,8-9,11-12,14-15,17-18,20-21,27-28,33H,3-4,7,10,13,16,19,22-26H2,1-2H3,(H,32,34)(H,36,37)(H,38,39)/b6-5-,9-8-,12-11-,15-14-,18-17-,21-20-. The molecule has 0 aliphatic rings. The third kappa shape index (κ3) is 26.3. The summed E-state index contributed by atoms with van der Waals surface area (Å²) in [6.07, 6.45) is 29.4. The number of nitrogens with one attached hydrogen (secondary N) is 1. The van der Waals surface area contributed by atoms with E-state index in [4.69, 9.17) is 0 Å². The van der Waals surface area contributed by atoms with Gasteiger partial charge >= 0.3 is 19.8 Å². The maximum absolute atomic E-state index is 12.1. The molecule has 0 saturated carbocycles. The Morgan fingerprint density at radius 2 is 1.21 bits per heavy atom. The van der Waals surface area contributed by atoms with Crippen molar-refractivity contribution in [1.82, 2.24) is 5.32 Å². The number of amides is 1. The van der Waals surface area contributed by atoms with Gasteiger partial charge in [0.25, 0.3) is 0 Å². The van der Waals surface area contributed by atoms with Crippen molar-refractivity contribution < 1.29 is 47.8 Å². The fourth-order valence-electron chi connectivity index (χ4n) is 3.02. The molecule has 0 saturated heterocycles. The molecule has 0 aliphatic carbocycles. The average Bonchev–Trinajstić information content (AvgIpc) is 2.97. The van der Waals surface area contributed by atoms with Gasteiger partial charge in [-0.15, -0.1) is 0 Å². The Kier molecular flexibility index (Phi) is 24.6. The maximum Gasteiger partial charge on any atom is 0.472 e. The van der Waals surface area contributed by atoms with Gasteiger partial charge < -0.3 is 25.2 Å². The van der Waals surface area contributed by atoms with E-state index >= 15 is 0 Å². The molecule has 11 nitrogen and oxygen atoms in total. The molecule has 0 aliphatic heterocycles. The van der Waals surface area contributed by atoms with Crippen LogP contribution in [0.1, 0.15) is 71.6 Å². The lowest BCUT2D eigenvalue weighted by molar-refractivity contribution is -0.146. The number of aliphatic hydroxyl groups excluding tert-OH is 1. The molecule has 3 unspecified atom stereocenters. The molecule has 0 fully saturated rings. The summed E-state index contributed by atoms with van der Waals surface area (Å²) in [5.41, 5.74) is 0. The molecule has 0 radical (unpaired) electrons. The number of ether oxygens (including phenoxy) is 1. The summed E-state index contributed by atoms with van der Waals surface area (Å²) in [6, 6.07) is -1.59. The number of esters is 1. The number of allylic oxidation sites excluding steroid dienone is 12. The molecule has 0 spiro atoms. The largest absolute Gasteiger partial charge is 0.480 e. The zero-order chi connectivity index (χ0) is 32.2. The second-order valence-electron chi connectivity index (χ2n) is 9.16. The number of rotatable bonds is 25. The maximum atomic E-state index is 12.1. The highest BCUT2D eigenvalue weighted by molar-refractivity contribution is 7.47. The van der Waals surface area contributed by atoms with Gasteiger partial charge in [-0.25, -0.2) is 9.36 Å². The monoisotopic (exact) mass is 625 g/mol. The Balaban J connectivity index is 4.14. The lowest BCUT2D eigenvalue weighted by Crippen LogP contribution is -2.43. The van der Waals surface area contributed by atoms with Crippen molar-refractivity contribution in [2.75, 3.05) is 19.8 Å². The van der Waals surface area contributed by atoms with E-state index in [2.05, 4.69) is 74.6 Å². The van der Waals surface area contributed by atoms with Crippen LogP contribution in [0.4, 0.5) is 0 Å². The number of carbonyl (C=O) groups excluding carboxylic acids is 2. The zero-order valence-electron chi connectivity index (χ0n) is 25.2. The first-order chi connectivity index (χ1) is 20.6. The lowest BCUT2D eigenvalue weighted by Gasteiger charge is -2.18. The highest BCUT2D eigenvalue weighted by Gasteiger charge is 2.28. The van der Waals surface area contributed by atoms with Crippen molar-refractivity contribution in [3.8, 4) is 0 Å². The third-order valence-electron chi connectivity index (χ3n) is 5.33. The quantitative estimate of drug-likeness (QED) is 0.0579. The summed E-state index contributed by atoms with van der Waals surface area (Å²) >= 11 is 0. The van der Waals surface area contributed by atoms with Gasteiger partial charge in [-0.1, -0.05) is 86.8 Å². The topological polar surface area (TPSA) is 169 Å². The minimum atomic E-state index is -4.74. The fraction of sp³-hybridized carbons (Fsp3) is 0.516. The molecule has 0 aromatic heterocycles. The van der Waals surface area contributed by atoms with Crippen LogP contribution in [0.25, 0.3) is 0 Å². The van der Waals surface area contributed by atoms with E-state index < -0.39 is 57.6 Å². The van der Waals surface area contributed by atoms with Crippen molar-refractivity contribution in [2.45, 2.75) is 83.8 Å². The Labute approximate surface area is 255 Å². The van der Waals surface area contributed by atoms with E-state index in [0.717, 1.165) is 32.1 Å². The number of hydrogen-bond donors (Lipinski definition) is 4. The smallest absolute Gasteiger partial charge is 0.472 e. The Morgan fingerprint density at radius 3 is 1.67 bits per heavy atom. The first-order valence-electron chi connectivity index (χ1n) is 14.5. The number of aliphatic carboxylic acids is 1. The highest BCUT2D eigenvalue weighted by Crippen LogP contribution is 2.43. The van der Waals surface area contributed by atoms with E-state index in [1.807, 2.05) is 24.3 Å². The van der Waals surface area contributed by atoms with Crippen molar-refractivity contribution in [3.63, 3.8) is 0 Å². The molecule has 1 amide bonds. The number of phosphoric acid groups is 1. The second-order valence-corrected chi connectivity index (χ2v) is 10.6. The molecule has 3 atom stereocenters. The predicted molar refractivity (Wildman–Crippen MR) is 166 cm³/mol. The highest BCUT2D eigenvalue weighted by atomic mass is 31.2. The number of aliphatic hydroxyl groups is 1. The molecule has 0 rings (SSSR count). The van der Waals surface area contributed by atoms with Crippen molar-refractivity contribution in [2.24, 2.45) is 0 Å². The van der Waals surface area contributed by atoms with Crippen LogP contribution in [0.15, 0.2) is 72.9 Å². The SMILES string of the molecule is CC/C=C\C/C=C\C/C=C\C/C=C\C/C=C\C/C=C\CCC(=O)NC(COP(=O)(O)OCC(O)COC(=O)CC)C(=O)O. The molecule has 43 heavy (non-hydrogen) atoms. The van der Waals surface area contributed by atoms with Gasteiger partial charge in [0, 0.05) is 12.8 Å². The number of carboxylic acid groups (broad SMARTS) is 1. The summed E-state index contributed by atoms with van der Waals surface area (Å²) in [6.45, 7) is 1.70. The van der Waals surface area contributed by atoms with Crippen LogP contribution in [-0.2, 0) is 32.7 Å². The average molecular weight is 626 g/mol. The molecule has 0 aromatic rings. The van der Waals surface area contributed by atoms with E-state index in [9.17, 15) is 34.1 Å². The summed E-state index contributed by atoms with van der Waals surface area (Å²) in [7, 11) is -4.74. The van der Waals surface area contributed by atoms with E-state index in [1.54, 1.807) is 6.92 Å². The van der Waals surface area contributed by atoms with Crippen molar-refractivity contribution >= 4 is 25.7 Å². The van der Waals surface area contributed by atoms with Crippen LogP contribution in [0.5, 0.6) is 0 Å². The van der Waals surface area contributed by atoms with Gasteiger partial charge in [-0.2, -0.15) is 0 Å². The second kappa shape index (κ2) is 26.5. The van der Waals surface area contributed by atoms with Crippen LogP contribution >= 0.6 is 7.82 Å². The predicted octanol–water partition coefficient (Wildman–Crippen LogP) is 5.48. The van der Waals surface area contributed by atoms with Gasteiger partial charge in [0.1, 0.15) is 12.7 Å². The number of carbonyl (C=O) groups is 3. The summed E-state index contributed by atoms with van der Waals surface area (Å²) in [4.78, 5) is 44.3. The van der Waals surface area contributed by atoms with E-state index in [-0.39, 0.29) is 12.8 Å². The summed E-state index contributed by atoms with van der Waals surface area (Å²) in [5.74, 6) is -2.60. The number of phosphoric ester groups is 1. The van der Waals surface area contributed by atoms with Crippen LogP contribution in [0, 0.1) is 0 Å². The Hall–Kier alpha value is -3.08. The number of hydrogen-bond acceptors (Lipinski definition) is 8. The molecule has 0 bridgehead atoms. The normalized spacial score (nSPS) is 15.3. The van der Waals surface area contributed by atoms with Crippen LogP contribution in [0.3, 0.4) is 0 Å². The third-order valence-corrected chi connectivity index (χ3v) is 6.28. The van der Waals surface area contributed by atoms with Crippen molar-refractivity contribution in [1.29, 1.82) is 0 Å². The molecule has 4 N–H and O–H groups in total. The molecule has 0 aromatic carbocycles. The minimum Gasteiger partial charge on any atom is -0.480 e. The van der Waals surface area contributed by atoms with Crippen LogP contribution in [0.2, 0.25) is 0 Å².